The molecule has 0 amide bonds. The number of nitrogen functional groups attached to an aromatic ring is 1. The lowest BCUT2D eigenvalue weighted by atomic mass is 10.1. The van der Waals surface area contributed by atoms with Gasteiger partial charge in [-0.1, -0.05) is 31.5 Å². The first-order chi connectivity index (χ1) is 10.0. The summed E-state index contributed by atoms with van der Waals surface area (Å²) in [5.41, 5.74) is 9.20. The van der Waals surface area contributed by atoms with Gasteiger partial charge in [0.2, 0.25) is 0 Å². The van der Waals surface area contributed by atoms with Crippen molar-refractivity contribution in [3.63, 3.8) is 0 Å². The van der Waals surface area contributed by atoms with Crippen molar-refractivity contribution in [2.75, 3.05) is 11.1 Å². The third-order valence-electron chi connectivity index (χ3n) is 3.25. The molecular weight excluding hydrogens is 286 g/mol. The van der Waals surface area contributed by atoms with Crippen LogP contribution >= 0.6 is 11.6 Å². The Kier molecular flexibility index (Phi) is 3.43. The van der Waals surface area contributed by atoms with Crippen LogP contribution in [-0.4, -0.2) is 14.6 Å². The molecular formula is C15H16ClN5. The molecule has 0 aliphatic carbocycles. The zero-order valence-corrected chi connectivity index (χ0v) is 12.6. The van der Waals surface area contributed by atoms with E-state index in [0.29, 0.717) is 16.8 Å². The molecule has 0 atom stereocenters. The van der Waals surface area contributed by atoms with Crippen LogP contribution in [0.2, 0.25) is 5.15 Å². The summed E-state index contributed by atoms with van der Waals surface area (Å²) < 4.78 is 1.75. The lowest BCUT2D eigenvalue weighted by Crippen LogP contribution is -2.02. The van der Waals surface area contributed by atoms with Crippen LogP contribution in [-0.2, 0) is 0 Å². The van der Waals surface area contributed by atoms with Crippen LogP contribution in [0.3, 0.4) is 0 Å². The second kappa shape index (κ2) is 5.26. The van der Waals surface area contributed by atoms with Crippen LogP contribution in [0.25, 0.3) is 5.65 Å². The van der Waals surface area contributed by atoms with Crippen LogP contribution in [0.5, 0.6) is 0 Å². The van der Waals surface area contributed by atoms with Gasteiger partial charge in [-0.3, -0.25) is 0 Å². The molecule has 0 radical (unpaired) electrons. The van der Waals surface area contributed by atoms with E-state index in [1.807, 2.05) is 30.5 Å². The molecule has 2 heterocycles. The molecule has 5 nitrogen and oxygen atoms in total. The maximum atomic E-state index is 6.14. The highest BCUT2D eigenvalue weighted by molar-refractivity contribution is 6.29. The van der Waals surface area contributed by atoms with Crippen LogP contribution < -0.4 is 11.1 Å². The molecule has 0 aliphatic rings. The number of fused-ring (bicyclic) bond motifs is 1. The molecule has 0 unspecified atom stereocenters. The van der Waals surface area contributed by atoms with E-state index in [1.54, 1.807) is 10.6 Å². The van der Waals surface area contributed by atoms with E-state index in [9.17, 15) is 0 Å². The maximum Gasteiger partial charge on any atom is 0.162 e. The molecule has 3 aromatic rings. The SMILES string of the molecule is CC(C)c1cnn2c(Nc3cccc(N)c3)cc(Cl)nc12. The normalized spacial score (nSPS) is 11.2. The van der Waals surface area contributed by atoms with Crippen molar-refractivity contribution in [2.24, 2.45) is 0 Å². The Morgan fingerprint density at radius 3 is 2.81 bits per heavy atom. The summed E-state index contributed by atoms with van der Waals surface area (Å²) in [6.45, 7) is 4.20. The van der Waals surface area contributed by atoms with Gasteiger partial charge in [0.15, 0.2) is 5.65 Å². The largest absolute Gasteiger partial charge is 0.399 e. The van der Waals surface area contributed by atoms with Crippen molar-refractivity contribution < 1.29 is 0 Å². The van der Waals surface area contributed by atoms with Gasteiger partial charge in [0.1, 0.15) is 11.0 Å². The van der Waals surface area contributed by atoms with Gasteiger partial charge in [-0.25, -0.2) is 4.98 Å². The molecule has 0 fully saturated rings. The number of aromatic nitrogens is 3. The first-order valence-corrected chi connectivity index (χ1v) is 7.09. The van der Waals surface area contributed by atoms with Crippen molar-refractivity contribution in [3.8, 4) is 0 Å². The van der Waals surface area contributed by atoms with E-state index in [1.165, 1.54) is 0 Å². The number of rotatable bonds is 3. The average Bonchev–Trinajstić information content (AvgIpc) is 2.82. The predicted octanol–water partition coefficient (Wildman–Crippen LogP) is 3.83. The van der Waals surface area contributed by atoms with Gasteiger partial charge in [-0.05, 0) is 24.1 Å². The Morgan fingerprint density at radius 1 is 1.29 bits per heavy atom. The predicted molar refractivity (Wildman–Crippen MR) is 86.2 cm³/mol. The smallest absolute Gasteiger partial charge is 0.162 e. The van der Waals surface area contributed by atoms with Crippen LogP contribution in [0.15, 0.2) is 36.5 Å². The van der Waals surface area contributed by atoms with Crippen LogP contribution in [0.1, 0.15) is 25.3 Å². The Morgan fingerprint density at radius 2 is 2.10 bits per heavy atom. The number of nitrogens with one attached hydrogen (secondary N) is 1. The molecule has 0 saturated carbocycles. The summed E-state index contributed by atoms with van der Waals surface area (Å²) in [4.78, 5) is 4.38. The number of anilines is 3. The molecule has 1 aromatic carbocycles. The fourth-order valence-corrected chi connectivity index (χ4v) is 2.39. The Labute approximate surface area is 127 Å². The molecule has 0 bridgehead atoms. The number of hydrogen-bond acceptors (Lipinski definition) is 4. The summed E-state index contributed by atoms with van der Waals surface area (Å²) in [7, 11) is 0. The van der Waals surface area contributed by atoms with Gasteiger partial charge in [0, 0.05) is 23.0 Å². The molecule has 0 aliphatic heterocycles. The molecule has 0 saturated heterocycles. The Balaban J connectivity index is 2.10. The molecule has 6 heteroatoms. The number of hydrogen-bond donors (Lipinski definition) is 2. The third kappa shape index (κ3) is 2.64. The molecule has 2 aromatic heterocycles. The minimum Gasteiger partial charge on any atom is -0.399 e. The maximum absolute atomic E-state index is 6.14. The number of nitrogens with two attached hydrogens (primary N) is 1. The summed E-state index contributed by atoms with van der Waals surface area (Å²) in [6, 6.07) is 9.26. The van der Waals surface area contributed by atoms with Gasteiger partial charge in [-0.2, -0.15) is 9.61 Å². The highest BCUT2D eigenvalue weighted by atomic mass is 35.5. The second-order valence-corrected chi connectivity index (χ2v) is 5.59. The zero-order valence-electron chi connectivity index (χ0n) is 11.8. The van der Waals surface area contributed by atoms with Gasteiger partial charge in [0.25, 0.3) is 0 Å². The van der Waals surface area contributed by atoms with Crippen molar-refractivity contribution >= 4 is 34.4 Å². The van der Waals surface area contributed by atoms with Crippen LogP contribution in [0.4, 0.5) is 17.2 Å². The summed E-state index contributed by atoms with van der Waals surface area (Å²) in [6.07, 6.45) is 1.83. The van der Waals surface area contributed by atoms with Crippen molar-refractivity contribution in [1.29, 1.82) is 0 Å². The van der Waals surface area contributed by atoms with Crippen LogP contribution in [0, 0.1) is 0 Å². The monoisotopic (exact) mass is 301 g/mol. The zero-order chi connectivity index (χ0) is 15.0. The minimum atomic E-state index is 0.327. The lowest BCUT2D eigenvalue weighted by Gasteiger charge is -2.10. The molecule has 108 valence electrons. The summed E-state index contributed by atoms with van der Waals surface area (Å²) >= 11 is 6.14. The lowest BCUT2D eigenvalue weighted by molar-refractivity contribution is 0.872. The first kappa shape index (κ1) is 13.7. The second-order valence-electron chi connectivity index (χ2n) is 5.20. The van der Waals surface area contributed by atoms with E-state index in [-0.39, 0.29) is 0 Å². The average molecular weight is 302 g/mol. The van der Waals surface area contributed by atoms with Crippen molar-refractivity contribution in [3.05, 3.63) is 47.2 Å². The molecule has 21 heavy (non-hydrogen) atoms. The van der Waals surface area contributed by atoms with E-state index in [0.717, 1.165) is 22.7 Å². The summed E-state index contributed by atoms with van der Waals surface area (Å²) in [5.74, 6) is 1.08. The number of benzene rings is 1. The number of halogens is 1. The van der Waals surface area contributed by atoms with E-state index >= 15 is 0 Å². The summed E-state index contributed by atoms with van der Waals surface area (Å²) in [5, 5.41) is 8.11. The van der Waals surface area contributed by atoms with Gasteiger partial charge >= 0.3 is 0 Å². The Hall–Kier alpha value is -2.27. The highest BCUT2D eigenvalue weighted by Gasteiger charge is 2.13. The highest BCUT2D eigenvalue weighted by Crippen LogP contribution is 2.26. The Bertz CT molecular complexity index is 794. The van der Waals surface area contributed by atoms with Gasteiger partial charge in [0.05, 0.1) is 6.20 Å². The van der Waals surface area contributed by atoms with Gasteiger partial charge in [-0.15, -0.1) is 0 Å². The standard InChI is InChI=1S/C15H16ClN5/c1-9(2)12-8-18-21-14(7-13(16)20-15(12)21)19-11-5-3-4-10(17)6-11/h3-9,19H,17H2,1-2H3. The van der Waals surface area contributed by atoms with Crippen molar-refractivity contribution in [1.82, 2.24) is 14.6 Å². The quantitative estimate of drug-likeness (QED) is 0.570. The fourth-order valence-electron chi connectivity index (χ4n) is 2.21. The fraction of sp³-hybridized carbons (Fsp3) is 0.200. The van der Waals surface area contributed by atoms with E-state index < -0.39 is 0 Å². The van der Waals surface area contributed by atoms with E-state index in [4.69, 9.17) is 17.3 Å². The number of nitrogens with zero attached hydrogens (tertiary/aromatic N) is 3. The van der Waals surface area contributed by atoms with E-state index in [2.05, 4.69) is 29.2 Å². The minimum absolute atomic E-state index is 0.327. The molecule has 0 spiro atoms. The van der Waals surface area contributed by atoms with Gasteiger partial charge < -0.3 is 11.1 Å². The first-order valence-electron chi connectivity index (χ1n) is 6.71. The van der Waals surface area contributed by atoms with Crippen molar-refractivity contribution in [2.45, 2.75) is 19.8 Å². The third-order valence-corrected chi connectivity index (χ3v) is 3.44. The topological polar surface area (TPSA) is 68.2 Å². The molecule has 3 rings (SSSR count). The molecule has 3 N–H and O–H groups in total.